The molecule has 1 amide bonds. The summed E-state index contributed by atoms with van der Waals surface area (Å²) in [6, 6.07) is 9.38. The molecule has 8 nitrogen and oxygen atoms in total. The zero-order valence-corrected chi connectivity index (χ0v) is 17.2. The average Bonchev–Trinajstić information content (AvgIpc) is 2.70. The van der Waals surface area contributed by atoms with E-state index in [1.165, 1.54) is 12.1 Å². The number of amides is 1. The lowest BCUT2D eigenvalue weighted by Gasteiger charge is -2.18. The summed E-state index contributed by atoms with van der Waals surface area (Å²) < 4.78 is 11.5. The Kier molecular flexibility index (Phi) is 7.82. The summed E-state index contributed by atoms with van der Waals surface area (Å²) in [7, 11) is 3.54. The molecule has 0 fully saturated rings. The van der Waals surface area contributed by atoms with Crippen LogP contribution in [0.4, 0.5) is 17.1 Å². The molecule has 0 bridgehead atoms. The molecule has 8 heteroatoms. The van der Waals surface area contributed by atoms with Crippen molar-refractivity contribution in [1.82, 2.24) is 0 Å². The van der Waals surface area contributed by atoms with Gasteiger partial charge in [-0.2, -0.15) is 0 Å². The van der Waals surface area contributed by atoms with Crippen molar-refractivity contribution >= 4 is 23.0 Å². The van der Waals surface area contributed by atoms with Crippen LogP contribution in [0.1, 0.15) is 37.0 Å². The number of ether oxygens (including phenoxy) is 2. The third-order valence-corrected chi connectivity index (χ3v) is 4.04. The summed E-state index contributed by atoms with van der Waals surface area (Å²) in [4.78, 5) is 25.2. The molecule has 0 aliphatic carbocycles. The van der Waals surface area contributed by atoms with E-state index < -0.39 is 10.8 Å². The van der Waals surface area contributed by atoms with Gasteiger partial charge < -0.3 is 19.7 Å². The molecule has 0 unspecified atom stereocenters. The van der Waals surface area contributed by atoms with Gasteiger partial charge in [0.15, 0.2) is 11.5 Å². The molecule has 0 aliphatic heterocycles. The van der Waals surface area contributed by atoms with E-state index in [1.807, 2.05) is 13.8 Å². The van der Waals surface area contributed by atoms with Crippen LogP contribution in [0.5, 0.6) is 11.5 Å². The molecule has 2 aromatic rings. The molecule has 2 rings (SSSR count). The van der Waals surface area contributed by atoms with Crippen molar-refractivity contribution in [3.8, 4) is 11.5 Å². The van der Waals surface area contributed by atoms with Gasteiger partial charge in [0.25, 0.3) is 11.6 Å². The number of nitrogens with zero attached hydrogens (tertiary/aromatic N) is 2. The summed E-state index contributed by atoms with van der Waals surface area (Å²) in [6.07, 6.45) is 1.70. The van der Waals surface area contributed by atoms with Gasteiger partial charge in [-0.3, -0.25) is 14.9 Å². The van der Waals surface area contributed by atoms with Crippen LogP contribution in [0.2, 0.25) is 0 Å². The number of anilines is 2. The molecule has 156 valence electrons. The highest BCUT2D eigenvalue weighted by molar-refractivity contribution is 6.08. The summed E-state index contributed by atoms with van der Waals surface area (Å²) >= 11 is 0. The van der Waals surface area contributed by atoms with E-state index in [0.717, 1.165) is 12.8 Å². The fraction of sp³-hybridized carbons (Fsp3) is 0.381. The molecule has 2 aromatic carbocycles. The molecular formula is C21H27N3O5. The zero-order valence-electron chi connectivity index (χ0n) is 17.2. The molecule has 0 aromatic heterocycles. The van der Waals surface area contributed by atoms with Crippen LogP contribution in [0.3, 0.4) is 0 Å². The predicted octanol–water partition coefficient (Wildman–Crippen LogP) is 4.49. The highest BCUT2D eigenvalue weighted by Gasteiger charge is 2.19. The van der Waals surface area contributed by atoms with Crippen LogP contribution in [0, 0.1) is 10.1 Å². The highest BCUT2D eigenvalue weighted by atomic mass is 16.6. The van der Waals surface area contributed by atoms with Crippen molar-refractivity contribution in [3.05, 3.63) is 52.1 Å². The molecule has 0 spiro atoms. The Hall–Kier alpha value is -3.29. The van der Waals surface area contributed by atoms with E-state index in [9.17, 15) is 14.9 Å². The molecule has 0 radical (unpaired) electrons. The normalized spacial score (nSPS) is 10.3. The summed E-state index contributed by atoms with van der Waals surface area (Å²) in [5.74, 6) is 0.716. The van der Waals surface area contributed by atoms with E-state index >= 15 is 0 Å². The SMILES string of the molecule is CCCOc1ccc(NC(=O)c2cc([N+](=O)[O-])ccc2N(C)C)cc1OCCC. The number of benzene rings is 2. The Morgan fingerprint density at radius 2 is 1.69 bits per heavy atom. The second-order valence-corrected chi connectivity index (χ2v) is 6.67. The Balaban J connectivity index is 2.32. The van der Waals surface area contributed by atoms with E-state index in [4.69, 9.17) is 9.47 Å². The Bertz CT molecular complexity index is 867. The lowest BCUT2D eigenvalue weighted by Crippen LogP contribution is -2.19. The lowest BCUT2D eigenvalue weighted by molar-refractivity contribution is -0.384. The van der Waals surface area contributed by atoms with Crippen LogP contribution in [0.15, 0.2) is 36.4 Å². The smallest absolute Gasteiger partial charge is 0.270 e. The Morgan fingerprint density at radius 1 is 1.03 bits per heavy atom. The topological polar surface area (TPSA) is 93.9 Å². The molecule has 29 heavy (non-hydrogen) atoms. The molecule has 0 aliphatic rings. The van der Waals surface area contributed by atoms with Crippen molar-refractivity contribution < 1.29 is 19.2 Å². The van der Waals surface area contributed by atoms with Crippen LogP contribution in [-0.4, -0.2) is 38.1 Å². The summed E-state index contributed by atoms with van der Waals surface area (Å²) in [6.45, 7) is 5.11. The second kappa shape index (κ2) is 10.3. The molecule has 0 heterocycles. The number of hydrogen-bond donors (Lipinski definition) is 1. The molecule has 0 saturated carbocycles. The minimum atomic E-state index is -0.521. The van der Waals surface area contributed by atoms with E-state index in [1.54, 1.807) is 43.3 Å². The van der Waals surface area contributed by atoms with E-state index in [0.29, 0.717) is 36.1 Å². The molecule has 0 atom stereocenters. The van der Waals surface area contributed by atoms with Crippen molar-refractivity contribution in [2.24, 2.45) is 0 Å². The van der Waals surface area contributed by atoms with E-state index in [2.05, 4.69) is 5.32 Å². The van der Waals surface area contributed by atoms with Gasteiger partial charge in [-0.25, -0.2) is 0 Å². The van der Waals surface area contributed by atoms with Crippen LogP contribution in [-0.2, 0) is 0 Å². The Labute approximate surface area is 170 Å². The first-order valence-electron chi connectivity index (χ1n) is 9.54. The number of nitro groups is 1. The number of carbonyl (C=O) groups excluding carboxylic acids is 1. The van der Waals surface area contributed by atoms with Crippen molar-refractivity contribution in [2.75, 3.05) is 37.5 Å². The standard InChI is InChI=1S/C21H27N3O5/c1-5-11-28-19-10-7-15(13-20(19)29-12-6-2)22-21(25)17-14-16(24(26)27)8-9-18(17)23(3)4/h7-10,13-14H,5-6,11-12H2,1-4H3,(H,22,25). The van der Waals surface area contributed by atoms with Gasteiger partial charge in [-0.15, -0.1) is 0 Å². The number of nitrogens with one attached hydrogen (secondary N) is 1. The van der Waals surface area contributed by atoms with Gasteiger partial charge in [0.1, 0.15) is 0 Å². The van der Waals surface area contributed by atoms with Gasteiger partial charge in [0.2, 0.25) is 0 Å². The van der Waals surface area contributed by atoms with Gasteiger partial charge in [-0.05, 0) is 31.0 Å². The summed E-state index contributed by atoms with van der Waals surface area (Å²) in [5, 5.41) is 13.9. The van der Waals surface area contributed by atoms with Crippen LogP contribution < -0.4 is 19.7 Å². The maximum atomic E-state index is 12.9. The quantitative estimate of drug-likeness (QED) is 0.466. The highest BCUT2D eigenvalue weighted by Crippen LogP contribution is 2.32. The number of non-ortho nitro benzene ring substituents is 1. The number of hydrogen-bond acceptors (Lipinski definition) is 6. The molecule has 1 N–H and O–H groups in total. The Morgan fingerprint density at radius 3 is 2.28 bits per heavy atom. The third-order valence-electron chi connectivity index (χ3n) is 4.04. The maximum absolute atomic E-state index is 12.9. The van der Waals surface area contributed by atoms with Crippen LogP contribution in [0.25, 0.3) is 0 Å². The number of rotatable bonds is 10. The van der Waals surface area contributed by atoms with Crippen molar-refractivity contribution in [2.45, 2.75) is 26.7 Å². The molecule has 0 saturated heterocycles. The van der Waals surface area contributed by atoms with E-state index in [-0.39, 0.29) is 11.3 Å². The fourth-order valence-electron chi connectivity index (χ4n) is 2.65. The minimum Gasteiger partial charge on any atom is -0.490 e. The second-order valence-electron chi connectivity index (χ2n) is 6.67. The van der Waals surface area contributed by atoms with Gasteiger partial charge in [-0.1, -0.05) is 13.8 Å². The number of nitro benzene ring substituents is 1. The number of carbonyl (C=O) groups is 1. The first-order valence-corrected chi connectivity index (χ1v) is 9.54. The first-order chi connectivity index (χ1) is 13.9. The fourth-order valence-corrected chi connectivity index (χ4v) is 2.65. The largest absolute Gasteiger partial charge is 0.490 e. The monoisotopic (exact) mass is 401 g/mol. The van der Waals surface area contributed by atoms with Crippen LogP contribution >= 0.6 is 0 Å². The lowest BCUT2D eigenvalue weighted by atomic mass is 10.1. The summed E-state index contributed by atoms with van der Waals surface area (Å²) in [5.41, 5.74) is 1.17. The van der Waals surface area contributed by atoms with Crippen molar-refractivity contribution in [1.29, 1.82) is 0 Å². The predicted molar refractivity (Wildman–Crippen MR) is 113 cm³/mol. The third kappa shape index (κ3) is 5.84. The van der Waals surface area contributed by atoms with Gasteiger partial charge in [0.05, 0.1) is 23.7 Å². The van der Waals surface area contributed by atoms with Crippen molar-refractivity contribution in [3.63, 3.8) is 0 Å². The average molecular weight is 401 g/mol. The maximum Gasteiger partial charge on any atom is 0.270 e. The van der Waals surface area contributed by atoms with Gasteiger partial charge >= 0.3 is 0 Å². The molecular weight excluding hydrogens is 374 g/mol. The van der Waals surface area contributed by atoms with Gasteiger partial charge in [0, 0.05) is 43.7 Å². The minimum absolute atomic E-state index is 0.143. The zero-order chi connectivity index (χ0) is 21.4. The first kappa shape index (κ1) is 22.0.